The summed E-state index contributed by atoms with van der Waals surface area (Å²) in [6.45, 7) is 8.99. The van der Waals surface area contributed by atoms with E-state index < -0.39 is 0 Å². The van der Waals surface area contributed by atoms with Crippen LogP contribution in [0.1, 0.15) is 0 Å². The van der Waals surface area contributed by atoms with Gasteiger partial charge in [0.15, 0.2) is 0 Å². The van der Waals surface area contributed by atoms with Crippen molar-refractivity contribution in [3.05, 3.63) is 50.2 Å². The fourth-order valence-corrected chi connectivity index (χ4v) is 0.454. The molecule has 1 aromatic carbocycles. The normalized spacial score (nSPS) is 8.31. The van der Waals surface area contributed by atoms with Gasteiger partial charge in [0.05, 0.1) is 0 Å². The molecule has 0 heterocycles. The first-order chi connectivity index (χ1) is 5.81. The average Bonchev–Trinajstić information content (AvgIpc) is 2.20. The zero-order valence-electron chi connectivity index (χ0n) is 8.16. The molecule has 0 bridgehead atoms. The first-order valence-corrected chi connectivity index (χ1v) is 3.99. The molecule has 1 rings (SSSR count). The Bertz CT molecular complexity index is 134. The van der Waals surface area contributed by atoms with Crippen molar-refractivity contribution in [1.29, 1.82) is 0 Å². The van der Waals surface area contributed by atoms with E-state index in [9.17, 15) is 0 Å². The second-order valence-corrected chi connectivity index (χ2v) is 2.38. The Balaban J connectivity index is 0. The van der Waals surface area contributed by atoms with E-state index in [-0.39, 0.29) is 31.1 Å². The molecule has 2 heteroatoms. The van der Waals surface area contributed by atoms with Crippen LogP contribution in [0.3, 0.4) is 0 Å². The predicted molar refractivity (Wildman–Crippen MR) is 53.5 cm³/mol. The third-order valence-corrected chi connectivity index (χ3v) is 1.37. The van der Waals surface area contributed by atoms with E-state index in [4.69, 9.17) is 0 Å². The van der Waals surface area contributed by atoms with E-state index in [1.54, 1.807) is 0 Å². The van der Waals surface area contributed by atoms with Crippen molar-refractivity contribution in [3.63, 3.8) is 0 Å². The van der Waals surface area contributed by atoms with Crippen LogP contribution < -0.4 is 0 Å². The maximum atomic E-state index is 3.64. The van der Waals surface area contributed by atoms with Crippen molar-refractivity contribution in [3.8, 4) is 0 Å². The Morgan fingerprint density at radius 1 is 1.08 bits per heavy atom. The van der Waals surface area contributed by atoms with E-state index in [0.717, 1.165) is 13.1 Å². The molecule has 0 aliphatic heterocycles. The van der Waals surface area contributed by atoms with Crippen molar-refractivity contribution >= 4 is 0 Å². The number of hydrogen-bond acceptors (Lipinski definition) is 1. The minimum absolute atomic E-state index is 0. The maximum Gasteiger partial charge on any atom is 3.00 e. The van der Waals surface area contributed by atoms with Gasteiger partial charge in [-0.25, -0.2) is 0 Å². The summed E-state index contributed by atoms with van der Waals surface area (Å²) in [6.07, 6.45) is 0. The number of hydrogen-bond donors (Lipinski definition) is 0. The van der Waals surface area contributed by atoms with Crippen LogP contribution in [-0.2, 0) is 0 Å². The molecule has 1 aromatic rings. The largest absolute Gasteiger partial charge is 3.00 e. The van der Waals surface area contributed by atoms with Crippen LogP contribution in [0, 0.1) is 51.0 Å². The van der Waals surface area contributed by atoms with Crippen molar-refractivity contribution in [1.82, 2.24) is 4.90 Å². The standard InChI is InChI=1S/C6H5.C5H11N.U/c1-2-4-6-5-3-1;1-4-6(3)5-2;/h1-5H;1-2,4-5H2,3H3;/q-1;-2;+3. The summed E-state index contributed by atoms with van der Waals surface area (Å²) in [5, 5.41) is 0. The van der Waals surface area contributed by atoms with Gasteiger partial charge in [-0.15, -0.1) is 13.1 Å². The third-order valence-electron chi connectivity index (χ3n) is 1.37. The quantitative estimate of drug-likeness (QED) is 0.688. The molecule has 69 valence electrons. The van der Waals surface area contributed by atoms with Gasteiger partial charge in [-0.1, -0.05) is 0 Å². The van der Waals surface area contributed by atoms with Gasteiger partial charge in [-0.2, -0.15) is 36.4 Å². The Labute approximate surface area is 106 Å². The smallest absolute Gasteiger partial charge is 0.365 e. The molecule has 0 unspecified atom stereocenters. The molecule has 13 heavy (non-hydrogen) atoms. The Morgan fingerprint density at radius 2 is 1.54 bits per heavy atom. The molecule has 0 N–H and O–H groups in total. The molecule has 0 amide bonds. The van der Waals surface area contributed by atoms with Crippen LogP contribution in [0.5, 0.6) is 0 Å². The Morgan fingerprint density at radius 3 is 1.62 bits per heavy atom. The first kappa shape index (κ1) is 15.7. The SMILES string of the molecule is [CH2-]CN(C)C[CH2-].[U+3].[c-]1ccccc1. The molecule has 1 nitrogen and oxygen atoms in total. The van der Waals surface area contributed by atoms with Crippen molar-refractivity contribution in [2.75, 3.05) is 20.1 Å². The summed E-state index contributed by atoms with van der Waals surface area (Å²) in [7, 11) is 1.99. The Hall–Kier alpha value is 0.232. The monoisotopic (exact) mass is 400 g/mol. The van der Waals surface area contributed by atoms with Gasteiger partial charge < -0.3 is 18.7 Å². The Kier molecular flexibility index (Phi) is 14.8. The van der Waals surface area contributed by atoms with Gasteiger partial charge in [0.25, 0.3) is 0 Å². The van der Waals surface area contributed by atoms with Gasteiger partial charge in [-0.05, 0) is 7.05 Å². The summed E-state index contributed by atoms with van der Waals surface area (Å²) in [5.74, 6) is 0. The molecule has 0 fully saturated rings. The van der Waals surface area contributed by atoms with Crippen molar-refractivity contribution < 1.29 is 31.1 Å². The minimum atomic E-state index is 0. The summed E-state index contributed by atoms with van der Waals surface area (Å²) < 4.78 is 0. The molecule has 0 spiro atoms. The molecule has 1 radical (unpaired) electrons. The number of rotatable bonds is 2. The van der Waals surface area contributed by atoms with Gasteiger partial charge >= 0.3 is 31.1 Å². The van der Waals surface area contributed by atoms with Crippen molar-refractivity contribution in [2.45, 2.75) is 0 Å². The first-order valence-electron chi connectivity index (χ1n) is 3.99. The zero-order valence-corrected chi connectivity index (χ0v) is 12.3. The van der Waals surface area contributed by atoms with Gasteiger partial charge in [0.1, 0.15) is 0 Å². The van der Waals surface area contributed by atoms with E-state index in [0.29, 0.717) is 0 Å². The van der Waals surface area contributed by atoms with E-state index in [1.807, 2.05) is 42.3 Å². The molecule has 0 aliphatic rings. The minimum Gasteiger partial charge on any atom is -0.365 e. The van der Waals surface area contributed by atoms with Crippen molar-refractivity contribution in [2.24, 2.45) is 0 Å². The molecule has 0 atom stereocenters. The average molecular weight is 400 g/mol. The molecule has 0 saturated carbocycles. The van der Waals surface area contributed by atoms with Crippen LogP contribution in [0.15, 0.2) is 30.3 Å². The van der Waals surface area contributed by atoms with E-state index in [2.05, 4.69) is 19.9 Å². The molecule has 0 aliphatic carbocycles. The summed E-state index contributed by atoms with van der Waals surface area (Å²) >= 11 is 0. The summed E-state index contributed by atoms with van der Waals surface area (Å²) in [6, 6.07) is 12.5. The zero-order chi connectivity index (χ0) is 9.23. The van der Waals surface area contributed by atoms with Crippen LogP contribution in [0.25, 0.3) is 0 Å². The molecular weight excluding hydrogens is 384 g/mol. The topological polar surface area (TPSA) is 3.24 Å². The van der Waals surface area contributed by atoms with E-state index >= 15 is 0 Å². The van der Waals surface area contributed by atoms with Crippen LogP contribution in [0.4, 0.5) is 0 Å². The van der Waals surface area contributed by atoms with Crippen LogP contribution in [-0.4, -0.2) is 25.0 Å². The van der Waals surface area contributed by atoms with Gasteiger partial charge in [-0.3, -0.25) is 0 Å². The fraction of sp³-hybridized carbons (Fsp3) is 0.273. The second kappa shape index (κ2) is 12.2. The van der Waals surface area contributed by atoms with Crippen LogP contribution in [0.2, 0.25) is 0 Å². The summed E-state index contributed by atoms with van der Waals surface area (Å²) in [5.41, 5.74) is 0. The van der Waals surface area contributed by atoms with E-state index in [1.165, 1.54) is 0 Å². The second-order valence-electron chi connectivity index (χ2n) is 2.38. The van der Waals surface area contributed by atoms with Crippen LogP contribution >= 0.6 is 0 Å². The summed E-state index contributed by atoms with van der Waals surface area (Å²) in [4.78, 5) is 2.03. The molecular formula is C11H16NU. The van der Waals surface area contributed by atoms with Gasteiger partial charge in [0, 0.05) is 0 Å². The maximum absolute atomic E-state index is 3.64. The molecule has 0 aromatic heterocycles. The number of benzene rings is 1. The number of nitrogens with zero attached hydrogens (tertiary/aromatic N) is 1. The fourth-order valence-electron chi connectivity index (χ4n) is 0.454. The third kappa shape index (κ3) is 12.2. The van der Waals surface area contributed by atoms with Gasteiger partial charge in [0.2, 0.25) is 0 Å². The molecule has 0 saturated heterocycles. The predicted octanol–water partition coefficient (Wildman–Crippen LogP) is 2.07.